The summed E-state index contributed by atoms with van der Waals surface area (Å²) >= 11 is 3.38. The molecule has 0 atom stereocenters. The number of ketones is 1. The number of halogens is 1. The molecule has 15 heavy (non-hydrogen) atoms. The quantitative estimate of drug-likeness (QED) is 0.782. The van der Waals surface area contributed by atoms with E-state index in [9.17, 15) is 4.79 Å². The Balaban J connectivity index is 2.16. The minimum absolute atomic E-state index is 0.0493. The highest BCUT2D eigenvalue weighted by Crippen LogP contribution is 2.31. The maximum absolute atomic E-state index is 11.3. The summed E-state index contributed by atoms with van der Waals surface area (Å²) < 4.78 is 6.60. The van der Waals surface area contributed by atoms with E-state index in [1.165, 1.54) is 12.8 Å². The van der Waals surface area contributed by atoms with Gasteiger partial charge in [0.15, 0.2) is 5.78 Å². The molecule has 0 aliphatic heterocycles. The highest BCUT2D eigenvalue weighted by molar-refractivity contribution is 9.10. The van der Waals surface area contributed by atoms with Gasteiger partial charge in [-0.1, -0.05) is 15.9 Å². The van der Waals surface area contributed by atoms with Gasteiger partial charge in [-0.15, -0.1) is 0 Å². The highest BCUT2D eigenvalue weighted by atomic mass is 79.9. The van der Waals surface area contributed by atoms with E-state index in [-0.39, 0.29) is 5.78 Å². The fraction of sp³-hybridized carbons (Fsp3) is 0.417. The average Bonchev–Trinajstić information content (AvgIpc) is 2.97. The fourth-order valence-electron chi connectivity index (χ4n) is 1.40. The Morgan fingerprint density at radius 2 is 2.27 bits per heavy atom. The summed E-state index contributed by atoms with van der Waals surface area (Å²) in [5.74, 6) is 1.45. The zero-order valence-electron chi connectivity index (χ0n) is 8.63. The van der Waals surface area contributed by atoms with Gasteiger partial charge in [0, 0.05) is 4.47 Å². The van der Waals surface area contributed by atoms with E-state index >= 15 is 0 Å². The number of hydrogen-bond acceptors (Lipinski definition) is 2. The number of carbonyl (C=O) groups is 1. The molecule has 1 aliphatic carbocycles. The molecule has 1 aromatic rings. The first-order valence-electron chi connectivity index (χ1n) is 5.10. The molecule has 0 N–H and O–H groups in total. The van der Waals surface area contributed by atoms with Crippen LogP contribution in [0.25, 0.3) is 0 Å². The molecule has 2 nitrogen and oxygen atoms in total. The molecule has 1 aliphatic rings. The van der Waals surface area contributed by atoms with E-state index < -0.39 is 0 Å². The first kappa shape index (κ1) is 10.7. The van der Waals surface area contributed by atoms with Crippen molar-refractivity contribution in [2.24, 2.45) is 5.92 Å². The van der Waals surface area contributed by atoms with Gasteiger partial charge in [-0.25, -0.2) is 0 Å². The van der Waals surface area contributed by atoms with E-state index in [0.717, 1.165) is 11.1 Å². The van der Waals surface area contributed by atoms with Gasteiger partial charge >= 0.3 is 0 Å². The number of rotatable bonds is 4. The zero-order valence-corrected chi connectivity index (χ0v) is 10.2. The van der Waals surface area contributed by atoms with Crippen LogP contribution in [0, 0.1) is 5.92 Å². The molecule has 1 aromatic carbocycles. The lowest BCUT2D eigenvalue weighted by Gasteiger charge is -2.09. The van der Waals surface area contributed by atoms with Crippen LogP contribution in [0.3, 0.4) is 0 Å². The van der Waals surface area contributed by atoms with Crippen molar-refractivity contribution in [2.45, 2.75) is 19.8 Å². The number of hydrogen-bond donors (Lipinski definition) is 0. The zero-order chi connectivity index (χ0) is 10.8. The van der Waals surface area contributed by atoms with E-state index in [4.69, 9.17) is 4.74 Å². The standard InChI is InChI=1S/C12H13BrO2/c1-8(14)11-5-4-10(13)6-12(11)15-7-9-2-3-9/h4-6,9H,2-3,7H2,1H3. The molecule has 2 rings (SSSR count). The molecular weight excluding hydrogens is 256 g/mol. The van der Waals surface area contributed by atoms with Crippen LogP contribution >= 0.6 is 15.9 Å². The molecule has 0 spiro atoms. The third kappa shape index (κ3) is 2.81. The highest BCUT2D eigenvalue weighted by Gasteiger charge is 2.22. The van der Waals surface area contributed by atoms with Gasteiger partial charge < -0.3 is 4.74 Å². The fourth-order valence-corrected chi connectivity index (χ4v) is 1.74. The van der Waals surface area contributed by atoms with Crippen LogP contribution in [0.15, 0.2) is 22.7 Å². The van der Waals surface area contributed by atoms with Crippen molar-refractivity contribution in [3.05, 3.63) is 28.2 Å². The molecule has 0 aromatic heterocycles. The Labute approximate surface area is 97.8 Å². The van der Waals surface area contributed by atoms with Crippen LogP contribution in [-0.2, 0) is 0 Å². The predicted molar refractivity (Wildman–Crippen MR) is 62.4 cm³/mol. The summed E-state index contributed by atoms with van der Waals surface area (Å²) in [5.41, 5.74) is 0.666. The summed E-state index contributed by atoms with van der Waals surface area (Å²) in [6.45, 7) is 2.30. The van der Waals surface area contributed by atoms with Crippen molar-refractivity contribution in [1.82, 2.24) is 0 Å². The Morgan fingerprint density at radius 3 is 2.87 bits per heavy atom. The lowest BCUT2D eigenvalue weighted by atomic mass is 10.1. The van der Waals surface area contributed by atoms with Gasteiger partial charge in [-0.05, 0) is 43.9 Å². The molecule has 80 valence electrons. The van der Waals surface area contributed by atoms with Gasteiger partial charge in [-0.2, -0.15) is 0 Å². The van der Waals surface area contributed by atoms with E-state index in [1.807, 2.05) is 12.1 Å². The van der Waals surface area contributed by atoms with Crippen molar-refractivity contribution in [3.63, 3.8) is 0 Å². The average molecular weight is 269 g/mol. The summed E-state index contributed by atoms with van der Waals surface area (Å²) in [7, 11) is 0. The molecule has 0 radical (unpaired) electrons. The van der Waals surface area contributed by atoms with Crippen LogP contribution < -0.4 is 4.74 Å². The maximum atomic E-state index is 11.3. The van der Waals surface area contributed by atoms with Crippen LogP contribution in [0.2, 0.25) is 0 Å². The predicted octanol–water partition coefficient (Wildman–Crippen LogP) is 3.44. The minimum atomic E-state index is 0.0493. The lowest BCUT2D eigenvalue weighted by Crippen LogP contribution is -2.04. The molecule has 0 amide bonds. The molecule has 0 heterocycles. The van der Waals surface area contributed by atoms with Gasteiger partial charge in [0.2, 0.25) is 0 Å². The third-order valence-electron chi connectivity index (χ3n) is 2.49. The Morgan fingerprint density at radius 1 is 1.53 bits per heavy atom. The van der Waals surface area contributed by atoms with Crippen molar-refractivity contribution in [1.29, 1.82) is 0 Å². The van der Waals surface area contributed by atoms with Crippen LogP contribution in [0.5, 0.6) is 5.75 Å². The smallest absolute Gasteiger partial charge is 0.163 e. The second kappa shape index (κ2) is 4.35. The summed E-state index contributed by atoms with van der Waals surface area (Å²) in [4.78, 5) is 11.3. The van der Waals surface area contributed by atoms with Gasteiger partial charge in [0.05, 0.1) is 12.2 Å². The summed E-state index contributed by atoms with van der Waals surface area (Å²) in [6, 6.07) is 5.52. The SMILES string of the molecule is CC(=O)c1ccc(Br)cc1OCC1CC1. The first-order chi connectivity index (χ1) is 7.16. The summed E-state index contributed by atoms with van der Waals surface area (Å²) in [5, 5.41) is 0. The van der Waals surface area contributed by atoms with Crippen LogP contribution in [-0.4, -0.2) is 12.4 Å². The number of ether oxygens (including phenoxy) is 1. The van der Waals surface area contributed by atoms with Crippen LogP contribution in [0.4, 0.5) is 0 Å². The van der Waals surface area contributed by atoms with Crippen molar-refractivity contribution >= 4 is 21.7 Å². The molecule has 0 unspecified atom stereocenters. The molecule has 1 saturated carbocycles. The molecule has 0 saturated heterocycles. The Bertz CT molecular complexity index is 383. The third-order valence-corrected chi connectivity index (χ3v) is 2.99. The second-order valence-corrected chi connectivity index (χ2v) is 4.87. The topological polar surface area (TPSA) is 26.3 Å². The monoisotopic (exact) mass is 268 g/mol. The van der Waals surface area contributed by atoms with E-state index in [1.54, 1.807) is 13.0 Å². The van der Waals surface area contributed by atoms with Gasteiger partial charge in [0.1, 0.15) is 5.75 Å². The lowest BCUT2D eigenvalue weighted by molar-refractivity contribution is 0.101. The number of benzene rings is 1. The van der Waals surface area contributed by atoms with Gasteiger partial charge in [0.25, 0.3) is 0 Å². The summed E-state index contributed by atoms with van der Waals surface area (Å²) in [6.07, 6.45) is 2.51. The molecule has 3 heteroatoms. The van der Waals surface area contributed by atoms with Crippen molar-refractivity contribution in [3.8, 4) is 5.75 Å². The van der Waals surface area contributed by atoms with E-state index in [0.29, 0.717) is 17.2 Å². The van der Waals surface area contributed by atoms with Crippen molar-refractivity contribution < 1.29 is 9.53 Å². The molecule has 0 bridgehead atoms. The normalized spacial score (nSPS) is 15.1. The Hall–Kier alpha value is -0.830. The maximum Gasteiger partial charge on any atom is 0.163 e. The first-order valence-corrected chi connectivity index (χ1v) is 5.89. The number of Topliss-reactive ketones (excluding diaryl/α,β-unsaturated/α-hetero) is 1. The number of carbonyl (C=O) groups excluding carboxylic acids is 1. The Kier molecular flexibility index (Phi) is 3.10. The van der Waals surface area contributed by atoms with Crippen LogP contribution in [0.1, 0.15) is 30.1 Å². The van der Waals surface area contributed by atoms with Crippen molar-refractivity contribution in [2.75, 3.05) is 6.61 Å². The molecule has 1 fully saturated rings. The minimum Gasteiger partial charge on any atom is -0.493 e. The van der Waals surface area contributed by atoms with E-state index in [2.05, 4.69) is 15.9 Å². The molecular formula is C12H13BrO2. The largest absolute Gasteiger partial charge is 0.493 e. The second-order valence-electron chi connectivity index (χ2n) is 3.95. The van der Waals surface area contributed by atoms with Gasteiger partial charge in [-0.3, -0.25) is 4.79 Å².